The average Bonchev–Trinajstić information content (AvgIpc) is 2.10. The van der Waals surface area contributed by atoms with Crippen LogP contribution >= 0.6 is 11.8 Å². The first-order valence-electron chi connectivity index (χ1n) is 4.26. The zero-order valence-corrected chi connectivity index (χ0v) is 8.78. The smallest absolute Gasteiger partial charge is 0.188 e. The van der Waals surface area contributed by atoms with Crippen LogP contribution in [0.4, 0.5) is 0 Å². The van der Waals surface area contributed by atoms with E-state index in [4.69, 9.17) is 5.73 Å². The molecular formula is C8H19N3S. The molecule has 72 valence electrons. The fraction of sp³-hybridized carbons (Fsp3) is 0.875. The molecule has 0 aromatic rings. The highest BCUT2D eigenvalue weighted by Gasteiger charge is 1.90. The first kappa shape index (κ1) is 11.6. The van der Waals surface area contributed by atoms with Crippen LogP contribution in [0.3, 0.4) is 0 Å². The molecule has 0 fully saturated rings. The van der Waals surface area contributed by atoms with Gasteiger partial charge in [0, 0.05) is 13.6 Å². The molecule has 0 aliphatic rings. The second-order valence-corrected chi connectivity index (χ2v) is 3.57. The van der Waals surface area contributed by atoms with Crippen molar-refractivity contribution in [3.8, 4) is 0 Å². The third-order valence-electron chi connectivity index (χ3n) is 1.57. The van der Waals surface area contributed by atoms with E-state index in [1.54, 1.807) is 7.05 Å². The highest BCUT2D eigenvalue weighted by molar-refractivity contribution is 7.98. The first-order chi connectivity index (χ1) is 5.81. The van der Waals surface area contributed by atoms with Gasteiger partial charge in [0.05, 0.1) is 0 Å². The summed E-state index contributed by atoms with van der Waals surface area (Å²) in [5, 5.41) is 3.03. The van der Waals surface area contributed by atoms with Crippen molar-refractivity contribution in [2.75, 3.05) is 25.6 Å². The summed E-state index contributed by atoms with van der Waals surface area (Å²) in [7, 11) is 1.69. The van der Waals surface area contributed by atoms with E-state index in [2.05, 4.69) is 16.6 Å². The Morgan fingerprint density at radius 1 is 1.42 bits per heavy atom. The molecule has 0 radical (unpaired) electrons. The zero-order valence-electron chi connectivity index (χ0n) is 7.97. The maximum absolute atomic E-state index is 5.45. The topological polar surface area (TPSA) is 50.4 Å². The molecule has 12 heavy (non-hydrogen) atoms. The molecule has 0 amide bonds. The maximum atomic E-state index is 5.45. The monoisotopic (exact) mass is 189 g/mol. The molecule has 0 saturated carbocycles. The van der Waals surface area contributed by atoms with Gasteiger partial charge in [-0.3, -0.25) is 4.99 Å². The molecule has 0 aromatic carbocycles. The lowest BCUT2D eigenvalue weighted by Crippen LogP contribution is -2.32. The highest BCUT2D eigenvalue weighted by atomic mass is 32.2. The standard InChI is InChI=1S/C8H19N3S/c1-10-8(9)11-6-4-3-5-7-12-2/h3-7H2,1-2H3,(H3,9,10,11). The van der Waals surface area contributed by atoms with Crippen LogP contribution in [-0.2, 0) is 0 Å². The third kappa shape index (κ3) is 7.72. The van der Waals surface area contributed by atoms with Gasteiger partial charge in [-0.25, -0.2) is 0 Å². The summed E-state index contributed by atoms with van der Waals surface area (Å²) in [6, 6.07) is 0. The molecular weight excluding hydrogens is 170 g/mol. The van der Waals surface area contributed by atoms with Gasteiger partial charge in [0.25, 0.3) is 0 Å². The van der Waals surface area contributed by atoms with Crippen LogP contribution in [0.1, 0.15) is 19.3 Å². The molecule has 0 rings (SSSR count). The number of nitrogens with zero attached hydrogens (tertiary/aromatic N) is 1. The van der Waals surface area contributed by atoms with Crippen molar-refractivity contribution in [3.63, 3.8) is 0 Å². The van der Waals surface area contributed by atoms with Gasteiger partial charge in [-0.2, -0.15) is 11.8 Å². The number of nitrogens with one attached hydrogen (secondary N) is 1. The molecule has 0 bridgehead atoms. The van der Waals surface area contributed by atoms with E-state index >= 15 is 0 Å². The molecule has 3 nitrogen and oxygen atoms in total. The van der Waals surface area contributed by atoms with E-state index in [0.717, 1.165) is 6.54 Å². The van der Waals surface area contributed by atoms with Gasteiger partial charge >= 0.3 is 0 Å². The number of aliphatic imine (C=N–C) groups is 1. The predicted molar refractivity (Wildman–Crippen MR) is 57.8 cm³/mol. The predicted octanol–water partition coefficient (Wildman–Crippen LogP) is 1.05. The molecule has 0 heterocycles. The van der Waals surface area contributed by atoms with Crippen LogP contribution in [0.15, 0.2) is 4.99 Å². The Hall–Kier alpha value is -0.380. The van der Waals surface area contributed by atoms with E-state index in [0.29, 0.717) is 5.96 Å². The lowest BCUT2D eigenvalue weighted by molar-refractivity contribution is 0.697. The number of hydrogen-bond acceptors (Lipinski definition) is 2. The van der Waals surface area contributed by atoms with Crippen molar-refractivity contribution in [1.82, 2.24) is 5.32 Å². The van der Waals surface area contributed by atoms with Crippen molar-refractivity contribution >= 4 is 17.7 Å². The molecule has 0 aromatic heterocycles. The maximum Gasteiger partial charge on any atom is 0.188 e. The highest BCUT2D eigenvalue weighted by Crippen LogP contribution is 2.00. The minimum atomic E-state index is 0.542. The summed E-state index contributed by atoms with van der Waals surface area (Å²) in [6.45, 7) is 0.942. The molecule has 0 spiro atoms. The van der Waals surface area contributed by atoms with E-state index in [1.165, 1.54) is 25.0 Å². The number of unbranched alkanes of at least 4 members (excludes halogenated alkanes) is 2. The SMILES string of the molecule is CN=C(N)NCCCCCSC. The molecule has 0 atom stereocenters. The van der Waals surface area contributed by atoms with E-state index in [1.807, 2.05) is 11.8 Å². The summed E-state index contributed by atoms with van der Waals surface area (Å²) >= 11 is 1.90. The van der Waals surface area contributed by atoms with Crippen molar-refractivity contribution in [2.45, 2.75) is 19.3 Å². The quantitative estimate of drug-likeness (QED) is 0.373. The van der Waals surface area contributed by atoms with Crippen molar-refractivity contribution in [1.29, 1.82) is 0 Å². The summed E-state index contributed by atoms with van der Waals surface area (Å²) in [6.07, 6.45) is 5.88. The normalized spacial score (nSPS) is 11.7. The summed E-state index contributed by atoms with van der Waals surface area (Å²) in [5.74, 6) is 1.80. The lowest BCUT2D eigenvalue weighted by Gasteiger charge is -2.03. The minimum absolute atomic E-state index is 0.542. The van der Waals surface area contributed by atoms with Crippen molar-refractivity contribution in [2.24, 2.45) is 10.7 Å². The lowest BCUT2D eigenvalue weighted by atomic mass is 10.2. The number of nitrogens with two attached hydrogens (primary N) is 1. The zero-order chi connectivity index (χ0) is 9.23. The number of thioether (sulfide) groups is 1. The number of guanidine groups is 1. The summed E-state index contributed by atoms with van der Waals surface area (Å²) in [5.41, 5.74) is 5.45. The molecule has 0 aliphatic heterocycles. The fourth-order valence-electron chi connectivity index (χ4n) is 0.844. The van der Waals surface area contributed by atoms with E-state index in [-0.39, 0.29) is 0 Å². The van der Waals surface area contributed by atoms with Crippen LogP contribution in [-0.4, -0.2) is 31.6 Å². The molecule has 0 saturated heterocycles. The number of hydrogen-bond donors (Lipinski definition) is 2. The second-order valence-electron chi connectivity index (χ2n) is 2.59. The molecule has 3 N–H and O–H groups in total. The summed E-state index contributed by atoms with van der Waals surface area (Å²) < 4.78 is 0. The third-order valence-corrected chi connectivity index (χ3v) is 2.27. The van der Waals surface area contributed by atoms with Crippen LogP contribution in [0.5, 0.6) is 0 Å². The van der Waals surface area contributed by atoms with Crippen molar-refractivity contribution in [3.05, 3.63) is 0 Å². The Labute approximate surface area is 79.2 Å². The van der Waals surface area contributed by atoms with Gasteiger partial charge in [-0.15, -0.1) is 0 Å². The Bertz CT molecular complexity index is 125. The van der Waals surface area contributed by atoms with Crippen molar-refractivity contribution < 1.29 is 0 Å². The van der Waals surface area contributed by atoms with E-state index < -0.39 is 0 Å². The largest absolute Gasteiger partial charge is 0.370 e. The van der Waals surface area contributed by atoms with E-state index in [9.17, 15) is 0 Å². The van der Waals surface area contributed by atoms with Gasteiger partial charge in [0.15, 0.2) is 5.96 Å². The fourth-order valence-corrected chi connectivity index (χ4v) is 1.34. The van der Waals surface area contributed by atoms with Crippen LogP contribution in [0.2, 0.25) is 0 Å². The molecule has 0 aliphatic carbocycles. The van der Waals surface area contributed by atoms with Crippen LogP contribution in [0.25, 0.3) is 0 Å². The van der Waals surface area contributed by atoms with Crippen LogP contribution in [0, 0.1) is 0 Å². The summed E-state index contributed by atoms with van der Waals surface area (Å²) in [4.78, 5) is 3.80. The molecule has 4 heteroatoms. The van der Waals surface area contributed by atoms with Crippen LogP contribution < -0.4 is 11.1 Å². The Balaban J connectivity index is 3.00. The van der Waals surface area contributed by atoms with Gasteiger partial charge in [-0.1, -0.05) is 6.42 Å². The Morgan fingerprint density at radius 3 is 2.75 bits per heavy atom. The first-order valence-corrected chi connectivity index (χ1v) is 5.65. The van der Waals surface area contributed by atoms with Gasteiger partial charge < -0.3 is 11.1 Å². The number of rotatable bonds is 6. The molecule has 0 unspecified atom stereocenters. The Morgan fingerprint density at radius 2 is 2.17 bits per heavy atom. The van der Waals surface area contributed by atoms with Gasteiger partial charge in [-0.05, 0) is 24.9 Å². The Kier molecular flexibility index (Phi) is 8.44. The minimum Gasteiger partial charge on any atom is -0.370 e. The van der Waals surface area contributed by atoms with Gasteiger partial charge in [0.2, 0.25) is 0 Å². The van der Waals surface area contributed by atoms with Gasteiger partial charge in [0.1, 0.15) is 0 Å². The second kappa shape index (κ2) is 8.71. The average molecular weight is 189 g/mol.